The summed E-state index contributed by atoms with van der Waals surface area (Å²) in [5, 5.41) is 9.01. The summed E-state index contributed by atoms with van der Waals surface area (Å²) in [6.07, 6.45) is 11.5. The standard InChI is InChI=1S/C53H65F3N8O4.C4H8.CH2O/c1-5-6-12-51(66)59-61(4)32-44-30-45(18-17-43(44)35-65)63-24-20-40(21-25-63)26-39-13-15-41(16-14-39)36-68-47-11-8-22-62(33-47)31-42-28-48-49(50(29-42)53(54,55)56)34-64(52(48)67)46-10-7-9-38(27-46)19-23-60(3)37-58-57-2;1-2-4-3-1;1-2/h7,9-10,13-18,27-30,35,37,40,47H,2,5-6,8,11-12,19-26,31-34,36H2,1,3-4H3,(H,59,66);1-4H2;1H2/b58-37-;;. The summed E-state index contributed by atoms with van der Waals surface area (Å²) in [6, 6.07) is 24.8. The van der Waals surface area contributed by atoms with E-state index in [4.69, 9.17) is 9.53 Å². The maximum absolute atomic E-state index is 14.6. The van der Waals surface area contributed by atoms with Crippen molar-refractivity contribution < 1.29 is 37.1 Å². The third-order valence-corrected chi connectivity index (χ3v) is 14.3. The highest BCUT2D eigenvalue weighted by Gasteiger charge is 2.41. The number of likely N-dealkylation sites (N-methyl/N-ethyl adjacent to an activating group) is 1. The Hall–Kier alpha value is -6.23. The van der Waals surface area contributed by atoms with Crippen LogP contribution in [0.1, 0.15) is 137 Å². The van der Waals surface area contributed by atoms with E-state index in [9.17, 15) is 27.6 Å². The van der Waals surface area contributed by atoms with Gasteiger partial charge in [0.05, 0.1) is 24.8 Å². The SMILES string of the molecule is C1CCC1.C=N/N=C\N(C)CCc1cccc(N2Cc3c(cc(CN4CCCC(OCc5ccc(CC6CCN(c7ccc(C=O)c(CN(C)NC(=O)CCCC)c7)CC6)cc5)C4)cc3C(F)(F)F)C2=O)c1.C=O. The van der Waals surface area contributed by atoms with Crippen molar-refractivity contribution >= 4 is 49.3 Å². The monoisotopic (exact) mass is 1020 g/mol. The fraction of sp³-hybridized carbons (Fsp3) is 0.483. The van der Waals surface area contributed by atoms with E-state index in [2.05, 4.69) is 69.4 Å². The van der Waals surface area contributed by atoms with Gasteiger partial charge in [-0.15, -0.1) is 5.10 Å². The van der Waals surface area contributed by atoms with Gasteiger partial charge in [-0.25, -0.2) is 5.01 Å². The molecular weight excluding hydrogens is 946 g/mol. The minimum atomic E-state index is -4.61. The van der Waals surface area contributed by atoms with Crippen LogP contribution in [0.4, 0.5) is 24.5 Å². The lowest BCUT2D eigenvalue weighted by molar-refractivity contribution is -0.138. The predicted molar refractivity (Wildman–Crippen MR) is 287 cm³/mol. The first-order valence-electron chi connectivity index (χ1n) is 26.2. The number of aldehydes is 1. The molecule has 16 heteroatoms. The number of halogens is 3. The number of carbonyl (C=O) groups excluding carboxylic acids is 4. The highest BCUT2D eigenvalue weighted by atomic mass is 19.4. The summed E-state index contributed by atoms with van der Waals surface area (Å²) in [6.45, 7) is 12.2. The maximum atomic E-state index is 14.6. The average molecular weight is 1020 g/mol. The average Bonchev–Trinajstić information content (AvgIpc) is 3.71. The number of hydrogen-bond donors (Lipinski definition) is 1. The Balaban J connectivity index is 0.00000140. The van der Waals surface area contributed by atoms with Gasteiger partial charge in [0.2, 0.25) is 5.91 Å². The Morgan fingerprint density at radius 1 is 0.878 bits per heavy atom. The molecular formula is C58H75F3N8O5. The zero-order chi connectivity index (χ0) is 53.0. The van der Waals surface area contributed by atoms with Gasteiger partial charge in [0.25, 0.3) is 5.91 Å². The van der Waals surface area contributed by atoms with Gasteiger partial charge in [0.1, 0.15) is 19.4 Å². The molecule has 0 radical (unpaired) electrons. The number of anilines is 2. The van der Waals surface area contributed by atoms with Crippen molar-refractivity contribution in [2.75, 3.05) is 56.6 Å². The smallest absolute Gasteiger partial charge is 0.372 e. The van der Waals surface area contributed by atoms with Crippen LogP contribution in [0.5, 0.6) is 0 Å². The number of benzene rings is 4. The molecule has 3 fully saturated rings. The normalized spacial score (nSPS) is 17.0. The lowest BCUT2D eigenvalue weighted by atomic mass is 9.89. The third-order valence-electron chi connectivity index (χ3n) is 14.3. The molecule has 2 saturated heterocycles. The minimum Gasteiger partial charge on any atom is -0.372 e. The topological polar surface area (TPSA) is 130 Å². The van der Waals surface area contributed by atoms with Crippen molar-refractivity contribution in [3.8, 4) is 0 Å². The van der Waals surface area contributed by atoms with Crippen LogP contribution in [-0.2, 0) is 59.6 Å². The van der Waals surface area contributed by atoms with Crippen LogP contribution in [0, 0.1) is 5.92 Å². The number of likely N-dealkylation sites (tertiary alicyclic amines) is 1. The van der Waals surface area contributed by atoms with Crippen molar-refractivity contribution in [2.24, 2.45) is 16.1 Å². The minimum absolute atomic E-state index is 0.0144. The molecule has 4 aromatic carbocycles. The van der Waals surface area contributed by atoms with Gasteiger partial charge in [-0.1, -0.05) is 75.4 Å². The molecule has 8 rings (SSSR count). The number of fused-ring (bicyclic) bond motifs is 1. The van der Waals surface area contributed by atoms with Crippen molar-refractivity contribution in [1.82, 2.24) is 20.2 Å². The maximum Gasteiger partial charge on any atom is 0.416 e. The van der Waals surface area contributed by atoms with E-state index in [0.29, 0.717) is 61.8 Å². The molecule has 0 spiro atoms. The number of amides is 2. The van der Waals surface area contributed by atoms with Crippen molar-refractivity contribution in [2.45, 2.75) is 129 Å². The number of piperidine rings is 2. The molecule has 398 valence electrons. The molecule has 13 nitrogen and oxygen atoms in total. The number of nitrogens with zero attached hydrogens (tertiary/aromatic N) is 7. The van der Waals surface area contributed by atoms with Gasteiger partial charge in [0.15, 0.2) is 0 Å². The molecule has 0 aromatic heterocycles. The van der Waals surface area contributed by atoms with Gasteiger partial charge in [-0.05, 0) is 133 Å². The Morgan fingerprint density at radius 2 is 1.61 bits per heavy atom. The Labute approximate surface area is 435 Å². The molecule has 74 heavy (non-hydrogen) atoms. The number of nitrogens with one attached hydrogen (secondary N) is 1. The molecule has 1 atom stereocenters. The molecule has 0 bridgehead atoms. The molecule has 1 unspecified atom stereocenters. The molecule has 3 heterocycles. The van der Waals surface area contributed by atoms with E-state index < -0.39 is 17.6 Å². The summed E-state index contributed by atoms with van der Waals surface area (Å²) in [4.78, 5) is 53.7. The lowest BCUT2D eigenvalue weighted by Crippen LogP contribution is -2.39. The predicted octanol–water partition coefficient (Wildman–Crippen LogP) is 10.5. The Morgan fingerprint density at radius 3 is 2.28 bits per heavy atom. The number of hydrogen-bond acceptors (Lipinski definition) is 10. The van der Waals surface area contributed by atoms with Gasteiger partial charge in [0, 0.05) is 89.0 Å². The largest absolute Gasteiger partial charge is 0.416 e. The molecule has 3 aliphatic heterocycles. The second-order valence-electron chi connectivity index (χ2n) is 20.0. The Kier molecular flexibility index (Phi) is 21.9. The van der Waals surface area contributed by atoms with Crippen molar-refractivity contribution in [3.63, 3.8) is 0 Å². The number of unbranched alkanes of at least 4 members (excludes halogenated alkanes) is 1. The van der Waals surface area contributed by atoms with E-state index in [-0.39, 0.29) is 36.2 Å². The number of alkyl halides is 3. The van der Waals surface area contributed by atoms with Crippen LogP contribution in [-0.4, -0.2) is 106 Å². The van der Waals surface area contributed by atoms with Gasteiger partial charge in [-0.3, -0.25) is 24.7 Å². The van der Waals surface area contributed by atoms with Gasteiger partial charge in [-0.2, -0.15) is 18.3 Å². The molecule has 1 aliphatic carbocycles. The van der Waals surface area contributed by atoms with Gasteiger partial charge >= 0.3 is 6.18 Å². The first kappa shape index (κ1) is 57.1. The fourth-order valence-corrected chi connectivity index (χ4v) is 9.85. The summed E-state index contributed by atoms with van der Waals surface area (Å²) < 4.78 is 50.3. The number of ether oxygens (including phenoxy) is 1. The Bertz CT molecular complexity index is 2490. The van der Waals surface area contributed by atoms with Crippen LogP contribution >= 0.6 is 0 Å². The second kappa shape index (κ2) is 28.4. The second-order valence-corrected chi connectivity index (χ2v) is 20.0. The molecule has 1 saturated carbocycles. The van der Waals surface area contributed by atoms with Crippen LogP contribution < -0.4 is 15.2 Å². The van der Waals surface area contributed by atoms with Crippen LogP contribution in [0.25, 0.3) is 0 Å². The van der Waals surface area contributed by atoms with Crippen LogP contribution in [0.3, 0.4) is 0 Å². The summed E-state index contributed by atoms with van der Waals surface area (Å²) in [5.74, 6) is 0.105. The van der Waals surface area contributed by atoms with Crippen LogP contribution in [0.15, 0.2) is 89.1 Å². The van der Waals surface area contributed by atoms with Crippen molar-refractivity contribution in [3.05, 3.63) is 129 Å². The molecule has 4 aliphatic rings. The zero-order valence-corrected chi connectivity index (χ0v) is 43.6. The number of rotatable bonds is 21. The van der Waals surface area contributed by atoms with E-state index in [1.807, 2.05) is 56.1 Å². The zero-order valence-electron chi connectivity index (χ0n) is 43.6. The van der Waals surface area contributed by atoms with E-state index in [1.165, 1.54) is 42.2 Å². The molecule has 2 amide bonds. The first-order valence-corrected chi connectivity index (χ1v) is 26.2. The highest BCUT2D eigenvalue weighted by molar-refractivity contribution is 6.10. The highest BCUT2D eigenvalue weighted by Crippen LogP contribution is 2.40. The van der Waals surface area contributed by atoms with Crippen molar-refractivity contribution in [1.29, 1.82) is 0 Å². The van der Waals surface area contributed by atoms with E-state index in [0.717, 1.165) is 93.2 Å². The summed E-state index contributed by atoms with van der Waals surface area (Å²) in [5.41, 5.74) is 9.21. The lowest BCUT2D eigenvalue weighted by Gasteiger charge is -2.34. The summed E-state index contributed by atoms with van der Waals surface area (Å²) in [7, 11) is 3.68. The summed E-state index contributed by atoms with van der Waals surface area (Å²) >= 11 is 0. The first-order chi connectivity index (χ1) is 35.8. The number of hydrazine groups is 1. The van der Waals surface area contributed by atoms with Gasteiger partial charge < -0.3 is 24.2 Å². The van der Waals surface area contributed by atoms with E-state index in [1.54, 1.807) is 23.5 Å². The molecule has 4 aromatic rings. The molecule has 1 N–H and O–H groups in total. The third kappa shape index (κ3) is 16.6. The quantitative estimate of drug-likeness (QED) is 0.0375. The van der Waals surface area contributed by atoms with E-state index >= 15 is 0 Å². The fourth-order valence-electron chi connectivity index (χ4n) is 9.85. The van der Waals surface area contributed by atoms with Crippen LogP contribution in [0.2, 0.25) is 0 Å². The number of carbonyl (C=O) groups is 4.